The van der Waals surface area contributed by atoms with Gasteiger partial charge in [-0.2, -0.15) is 5.26 Å². The summed E-state index contributed by atoms with van der Waals surface area (Å²) in [5.74, 6) is 1.31. The molecule has 0 aliphatic heterocycles. The Morgan fingerprint density at radius 1 is 1.16 bits per heavy atom. The van der Waals surface area contributed by atoms with E-state index in [1.54, 1.807) is 24.3 Å². The van der Waals surface area contributed by atoms with Crippen LogP contribution in [0.2, 0.25) is 0 Å². The number of nitrogens with zero attached hydrogens (tertiary/aromatic N) is 1. The van der Waals surface area contributed by atoms with Crippen molar-refractivity contribution in [2.24, 2.45) is 0 Å². The molecule has 2 aromatic carbocycles. The molecule has 0 saturated carbocycles. The van der Waals surface area contributed by atoms with Gasteiger partial charge in [0.25, 0.3) is 0 Å². The third-order valence-corrected chi connectivity index (χ3v) is 2.85. The maximum absolute atomic E-state index is 9.70. The lowest BCUT2D eigenvalue weighted by Gasteiger charge is -2.10. The van der Waals surface area contributed by atoms with E-state index in [2.05, 4.69) is 6.07 Å². The van der Waals surface area contributed by atoms with Crippen LogP contribution < -0.4 is 4.74 Å². The second-order valence-electron chi connectivity index (χ2n) is 4.23. The maximum Gasteiger partial charge on any atom is 0.128 e. The Labute approximate surface area is 112 Å². The predicted molar refractivity (Wildman–Crippen MR) is 72.9 cm³/mol. The minimum absolute atomic E-state index is 0.434. The van der Waals surface area contributed by atoms with Crippen molar-refractivity contribution in [3.8, 4) is 17.6 Å². The fraction of sp³-hybridized carbons (Fsp3) is 0.188. The standard InChI is InChI=1S/C16H15NO2/c1-2-16(18)13-6-8-14(9-7-13)19-15-5-3-4-12(10-15)11-17/h3-10,16,18H,2H2,1H3/t16-/m0/s1. The van der Waals surface area contributed by atoms with E-state index < -0.39 is 6.10 Å². The first-order valence-corrected chi connectivity index (χ1v) is 6.19. The summed E-state index contributed by atoms with van der Waals surface area (Å²) >= 11 is 0. The summed E-state index contributed by atoms with van der Waals surface area (Å²) in [6.45, 7) is 1.93. The molecule has 19 heavy (non-hydrogen) atoms. The lowest BCUT2D eigenvalue weighted by Crippen LogP contribution is -1.94. The summed E-state index contributed by atoms with van der Waals surface area (Å²) in [7, 11) is 0. The normalized spacial score (nSPS) is 11.6. The van der Waals surface area contributed by atoms with Crippen molar-refractivity contribution in [2.75, 3.05) is 0 Å². The molecule has 0 bridgehead atoms. The third kappa shape index (κ3) is 3.34. The highest BCUT2D eigenvalue weighted by molar-refractivity contribution is 5.39. The highest BCUT2D eigenvalue weighted by Gasteiger charge is 2.05. The van der Waals surface area contributed by atoms with Crippen molar-refractivity contribution in [1.82, 2.24) is 0 Å². The molecule has 0 saturated heterocycles. The average molecular weight is 253 g/mol. The van der Waals surface area contributed by atoms with E-state index in [4.69, 9.17) is 10.00 Å². The summed E-state index contributed by atoms with van der Waals surface area (Å²) in [5, 5.41) is 18.5. The predicted octanol–water partition coefficient (Wildman–Crippen LogP) is 3.79. The zero-order valence-electron chi connectivity index (χ0n) is 10.7. The third-order valence-electron chi connectivity index (χ3n) is 2.85. The molecule has 0 aromatic heterocycles. The van der Waals surface area contributed by atoms with Crippen LogP contribution in [0.5, 0.6) is 11.5 Å². The van der Waals surface area contributed by atoms with Gasteiger partial charge in [-0.25, -0.2) is 0 Å². The van der Waals surface area contributed by atoms with E-state index in [1.807, 2.05) is 31.2 Å². The molecule has 3 heteroatoms. The summed E-state index contributed by atoms with van der Waals surface area (Å²) < 4.78 is 5.66. The first-order chi connectivity index (χ1) is 9.22. The molecule has 1 atom stereocenters. The minimum Gasteiger partial charge on any atom is -0.457 e. The Balaban J connectivity index is 2.13. The zero-order valence-corrected chi connectivity index (χ0v) is 10.7. The number of nitriles is 1. The number of hydrogen-bond acceptors (Lipinski definition) is 3. The fourth-order valence-corrected chi connectivity index (χ4v) is 1.76. The second kappa shape index (κ2) is 6.03. The van der Waals surface area contributed by atoms with E-state index in [9.17, 15) is 5.11 Å². The van der Waals surface area contributed by atoms with E-state index in [1.165, 1.54) is 0 Å². The van der Waals surface area contributed by atoms with Gasteiger partial charge in [0, 0.05) is 0 Å². The van der Waals surface area contributed by atoms with Gasteiger partial charge in [-0.15, -0.1) is 0 Å². The number of rotatable bonds is 4. The van der Waals surface area contributed by atoms with E-state index in [-0.39, 0.29) is 0 Å². The molecule has 2 rings (SSSR count). The molecular formula is C16H15NO2. The van der Waals surface area contributed by atoms with Crippen LogP contribution >= 0.6 is 0 Å². The van der Waals surface area contributed by atoms with Crippen LogP contribution in [0.4, 0.5) is 0 Å². The van der Waals surface area contributed by atoms with Gasteiger partial charge in [-0.1, -0.05) is 25.1 Å². The first-order valence-electron chi connectivity index (χ1n) is 6.19. The maximum atomic E-state index is 9.70. The lowest BCUT2D eigenvalue weighted by atomic mass is 10.1. The largest absolute Gasteiger partial charge is 0.457 e. The molecule has 3 nitrogen and oxygen atoms in total. The Morgan fingerprint density at radius 3 is 2.53 bits per heavy atom. The van der Waals surface area contributed by atoms with Gasteiger partial charge in [0.15, 0.2) is 0 Å². The first kappa shape index (κ1) is 13.1. The van der Waals surface area contributed by atoms with Crippen LogP contribution in [0.15, 0.2) is 48.5 Å². The van der Waals surface area contributed by atoms with Gasteiger partial charge in [-0.05, 0) is 42.3 Å². The molecule has 2 aromatic rings. The highest BCUT2D eigenvalue weighted by Crippen LogP contribution is 2.24. The minimum atomic E-state index is -0.434. The molecule has 0 spiro atoms. The molecular weight excluding hydrogens is 238 g/mol. The van der Waals surface area contributed by atoms with Crippen LogP contribution in [0.1, 0.15) is 30.6 Å². The van der Waals surface area contributed by atoms with Gasteiger partial charge < -0.3 is 9.84 Å². The van der Waals surface area contributed by atoms with Crippen LogP contribution in [-0.4, -0.2) is 5.11 Å². The molecule has 0 radical (unpaired) electrons. The summed E-state index contributed by atoms with van der Waals surface area (Å²) in [4.78, 5) is 0. The number of ether oxygens (including phenoxy) is 1. The van der Waals surface area contributed by atoms with E-state index in [0.29, 0.717) is 23.5 Å². The van der Waals surface area contributed by atoms with Gasteiger partial charge in [-0.3, -0.25) is 0 Å². The van der Waals surface area contributed by atoms with Crippen LogP contribution in [0.3, 0.4) is 0 Å². The molecule has 0 heterocycles. The Kier molecular flexibility index (Phi) is 4.17. The van der Waals surface area contributed by atoms with Crippen molar-refractivity contribution in [2.45, 2.75) is 19.4 Å². The number of aliphatic hydroxyl groups excluding tert-OH is 1. The number of benzene rings is 2. The van der Waals surface area contributed by atoms with Crippen molar-refractivity contribution < 1.29 is 9.84 Å². The fourth-order valence-electron chi connectivity index (χ4n) is 1.76. The molecule has 96 valence electrons. The Hall–Kier alpha value is -2.31. The topological polar surface area (TPSA) is 53.2 Å². The summed E-state index contributed by atoms with van der Waals surface area (Å²) in [5.41, 5.74) is 1.44. The van der Waals surface area contributed by atoms with Crippen molar-refractivity contribution in [1.29, 1.82) is 5.26 Å². The van der Waals surface area contributed by atoms with Gasteiger partial charge in [0.1, 0.15) is 11.5 Å². The molecule has 0 amide bonds. The average Bonchev–Trinajstić information content (AvgIpc) is 2.47. The lowest BCUT2D eigenvalue weighted by molar-refractivity contribution is 0.173. The van der Waals surface area contributed by atoms with Crippen LogP contribution in [0, 0.1) is 11.3 Å². The summed E-state index contributed by atoms with van der Waals surface area (Å²) in [6.07, 6.45) is 0.251. The summed E-state index contributed by atoms with van der Waals surface area (Å²) in [6, 6.07) is 16.4. The van der Waals surface area contributed by atoms with Gasteiger partial charge in [0.05, 0.1) is 17.7 Å². The second-order valence-corrected chi connectivity index (χ2v) is 4.23. The SMILES string of the molecule is CC[C@H](O)c1ccc(Oc2cccc(C#N)c2)cc1. The Morgan fingerprint density at radius 2 is 1.89 bits per heavy atom. The molecule has 1 N–H and O–H groups in total. The van der Waals surface area contributed by atoms with E-state index in [0.717, 1.165) is 5.56 Å². The molecule has 0 unspecified atom stereocenters. The molecule has 0 aliphatic carbocycles. The zero-order chi connectivity index (χ0) is 13.7. The highest BCUT2D eigenvalue weighted by atomic mass is 16.5. The van der Waals surface area contributed by atoms with Gasteiger partial charge in [0.2, 0.25) is 0 Å². The Bertz CT molecular complexity index is 584. The van der Waals surface area contributed by atoms with Gasteiger partial charge >= 0.3 is 0 Å². The van der Waals surface area contributed by atoms with E-state index >= 15 is 0 Å². The van der Waals surface area contributed by atoms with Crippen LogP contribution in [0.25, 0.3) is 0 Å². The van der Waals surface area contributed by atoms with Crippen LogP contribution in [-0.2, 0) is 0 Å². The quantitative estimate of drug-likeness (QED) is 0.901. The van der Waals surface area contributed by atoms with Crippen molar-refractivity contribution >= 4 is 0 Å². The smallest absolute Gasteiger partial charge is 0.128 e. The molecule has 0 fully saturated rings. The van der Waals surface area contributed by atoms with Crippen molar-refractivity contribution in [3.63, 3.8) is 0 Å². The monoisotopic (exact) mass is 253 g/mol. The number of hydrogen-bond donors (Lipinski definition) is 1. The number of aliphatic hydroxyl groups is 1. The molecule has 0 aliphatic rings. The van der Waals surface area contributed by atoms with Crippen molar-refractivity contribution in [3.05, 3.63) is 59.7 Å².